The number of thioether (sulfide) groups is 1. The van der Waals surface area contributed by atoms with Crippen LogP contribution in [0.15, 0.2) is 26.0 Å². The number of carbonyl (C=O) groups excluding carboxylic acids is 3. The third-order valence-electron chi connectivity index (χ3n) is 3.10. The van der Waals surface area contributed by atoms with E-state index in [1.54, 1.807) is 12.1 Å². The van der Waals surface area contributed by atoms with Crippen molar-refractivity contribution in [3.05, 3.63) is 31.5 Å². The highest BCUT2D eigenvalue weighted by molar-refractivity contribution is 9.11. The third kappa shape index (κ3) is 3.61. The summed E-state index contributed by atoms with van der Waals surface area (Å²) < 4.78 is 5.69. The maximum Gasteiger partial charge on any atom is 0.328 e. The molecule has 9 heteroatoms. The Balaban J connectivity index is 2.38. The van der Waals surface area contributed by atoms with E-state index in [-0.39, 0.29) is 10.7 Å². The first kappa shape index (κ1) is 18.0. The molecule has 1 heterocycles. The fourth-order valence-electron chi connectivity index (χ4n) is 1.93. The minimum atomic E-state index is -1.01. The van der Waals surface area contributed by atoms with Gasteiger partial charge in [-0.2, -0.15) is 0 Å². The summed E-state index contributed by atoms with van der Waals surface area (Å²) in [7, 11) is 1.19. The van der Waals surface area contributed by atoms with E-state index < -0.39 is 23.2 Å². The Hall–Kier alpha value is -1.32. The lowest BCUT2D eigenvalue weighted by Gasteiger charge is -2.18. The van der Waals surface area contributed by atoms with E-state index in [4.69, 9.17) is 0 Å². The zero-order valence-electron chi connectivity index (χ0n) is 12.0. The molecular weight excluding hydrogens is 454 g/mol. The maximum atomic E-state index is 12.4. The number of nitrogens with zero attached hydrogens (tertiary/aromatic N) is 1. The minimum absolute atomic E-state index is 0.0546. The van der Waals surface area contributed by atoms with Crippen molar-refractivity contribution in [1.82, 2.24) is 4.90 Å². The Bertz CT molecular complexity index is 734. The Labute approximate surface area is 153 Å². The molecule has 0 spiro atoms. The van der Waals surface area contributed by atoms with Gasteiger partial charge in [-0.25, -0.2) is 4.79 Å². The van der Waals surface area contributed by atoms with E-state index in [0.29, 0.717) is 26.3 Å². The van der Waals surface area contributed by atoms with Gasteiger partial charge in [0.05, 0.1) is 16.5 Å². The van der Waals surface area contributed by atoms with Crippen molar-refractivity contribution < 1.29 is 24.2 Å². The van der Waals surface area contributed by atoms with Crippen LogP contribution in [-0.4, -0.2) is 40.3 Å². The van der Waals surface area contributed by atoms with Crippen LogP contribution in [0.5, 0.6) is 5.75 Å². The van der Waals surface area contributed by atoms with Gasteiger partial charge >= 0.3 is 5.97 Å². The van der Waals surface area contributed by atoms with Gasteiger partial charge in [0.25, 0.3) is 11.1 Å². The molecule has 0 radical (unpaired) electrons. The normalized spacial score (nSPS) is 17.7. The molecule has 1 N–H and O–H groups in total. The topological polar surface area (TPSA) is 83.9 Å². The summed E-state index contributed by atoms with van der Waals surface area (Å²) in [5.41, 5.74) is 0.363. The molecule has 1 aliphatic heterocycles. The summed E-state index contributed by atoms with van der Waals surface area (Å²) in [5, 5.41) is 9.47. The van der Waals surface area contributed by atoms with Gasteiger partial charge in [0.2, 0.25) is 0 Å². The highest BCUT2D eigenvalue weighted by Crippen LogP contribution is 2.38. The first-order chi connectivity index (χ1) is 10.8. The number of imide groups is 1. The van der Waals surface area contributed by atoms with Crippen LogP contribution in [0.1, 0.15) is 12.5 Å². The standard InChI is InChI=1S/C14H11Br2NO5S/c1-6(13(20)22-2)17-12(19)10(23-14(17)21)4-7-3-8(15)5-9(16)11(7)18/h3-6,18H,1-2H3/b10-4+/t6-/m0/s1. The van der Waals surface area contributed by atoms with Gasteiger partial charge in [-0.15, -0.1) is 0 Å². The quantitative estimate of drug-likeness (QED) is 0.544. The van der Waals surface area contributed by atoms with Gasteiger partial charge in [-0.1, -0.05) is 15.9 Å². The number of phenols is 1. The van der Waals surface area contributed by atoms with Crippen molar-refractivity contribution >= 4 is 66.8 Å². The van der Waals surface area contributed by atoms with Crippen molar-refractivity contribution in [3.63, 3.8) is 0 Å². The van der Waals surface area contributed by atoms with Crippen LogP contribution < -0.4 is 0 Å². The Morgan fingerprint density at radius 1 is 1.39 bits per heavy atom. The minimum Gasteiger partial charge on any atom is -0.506 e. The summed E-state index contributed by atoms with van der Waals surface area (Å²) in [6.07, 6.45) is 1.40. The second kappa shape index (κ2) is 7.06. The predicted octanol–water partition coefficient (Wildman–Crippen LogP) is 3.52. The number of hydrogen-bond acceptors (Lipinski definition) is 6. The average Bonchev–Trinajstić information content (AvgIpc) is 2.77. The van der Waals surface area contributed by atoms with E-state index in [2.05, 4.69) is 36.6 Å². The SMILES string of the molecule is COC(=O)[C@H](C)N1C(=O)S/C(=C/c2cc(Br)cc(Br)c2O)C1=O. The molecule has 1 fully saturated rings. The van der Waals surface area contributed by atoms with Crippen LogP contribution in [0.2, 0.25) is 0 Å². The van der Waals surface area contributed by atoms with Gasteiger partial charge in [-0.05, 0) is 52.8 Å². The summed E-state index contributed by atoms with van der Waals surface area (Å²) in [6, 6.07) is 2.25. The zero-order valence-corrected chi connectivity index (χ0v) is 16.0. The van der Waals surface area contributed by atoms with Crippen LogP contribution in [0.25, 0.3) is 6.08 Å². The second-order valence-corrected chi connectivity index (χ2v) is 7.34. The Morgan fingerprint density at radius 2 is 2.04 bits per heavy atom. The number of benzene rings is 1. The molecule has 1 aromatic rings. The zero-order chi connectivity index (χ0) is 17.3. The van der Waals surface area contributed by atoms with E-state index >= 15 is 0 Å². The van der Waals surface area contributed by atoms with Gasteiger partial charge in [-0.3, -0.25) is 14.5 Å². The van der Waals surface area contributed by atoms with E-state index in [0.717, 1.165) is 4.90 Å². The van der Waals surface area contributed by atoms with Crippen LogP contribution in [0.3, 0.4) is 0 Å². The lowest BCUT2D eigenvalue weighted by molar-refractivity contribution is -0.148. The molecule has 1 saturated heterocycles. The van der Waals surface area contributed by atoms with Crippen LogP contribution in [-0.2, 0) is 14.3 Å². The fourth-order valence-corrected chi connectivity index (χ4v) is 4.08. The molecule has 6 nitrogen and oxygen atoms in total. The number of carbonyl (C=O) groups is 3. The predicted molar refractivity (Wildman–Crippen MR) is 92.8 cm³/mol. The van der Waals surface area contributed by atoms with Crippen molar-refractivity contribution in [2.24, 2.45) is 0 Å². The van der Waals surface area contributed by atoms with Crippen molar-refractivity contribution in [2.45, 2.75) is 13.0 Å². The summed E-state index contributed by atoms with van der Waals surface area (Å²) in [6.45, 7) is 1.41. The summed E-state index contributed by atoms with van der Waals surface area (Å²) in [4.78, 5) is 36.9. The number of phenolic OH excluding ortho intramolecular Hbond substituents is 1. The number of esters is 1. The maximum absolute atomic E-state index is 12.4. The molecule has 1 aromatic carbocycles. The Kier molecular flexibility index (Phi) is 5.53. The molecule has 0 saturated carbocycles. The van der Waals surface area contributed by atoms with E-state index in [1.807, 2.05) is 0 Å². The molecule has 2 amide bonds. The van der Waals surface area contributed by atoms with Gasteiger partial charge in [0, 0.05) is 10.0 Å². The lowest BCUT2D eigenvalue weighted by Crippen LogP contribution is -2.42. The first-order valence-corrected chi connectivity index (χ1v) is 8.69. The average molecular weight is 465 g/mol. The summed E-state index contributed by atoms with van der Waals surface area (Å²) >= 11 is 7.19. The molecule has 1 atom stereocenters. The molecule has 0 aromatic heterocycles. The number of ether oxygens (including phenoxy) is 1. The molecule has 0 bridgehead atoms. The highest BCUT2D eigenvalue weighted by Gasteiger charge is 2.41. The van der Waals surface area contributed by atoms with Gasteiger partial charge in [0.15, 0.2) is 0 Å². The largest absolute Gasteiger partial charge is 0.506 e. The van der Waals surface area contributed by atoms with Crippen molar-refractivity contribution in [2.75, 3.05) is 7.11 Å². The van der Waals surface area contributed by atoms with Gasteiger partial charge in [0.1, 0.15) is 11.8 Å². The van der Waals surface area contributed by atoms with E-state index in [9.17, 15) is 19.5 Å². The van der Waals surface area contributed by atoms with Crippen molar-refractivity contribution in [1.29, 1.82) is 0 Å². The molecular formula is C14H11Br2NO5S. The van der Waals surface area contributed by atoms with Gasteiger partial charge < -0.3 is 9.84 Å². The molecule has 0 unspecified atom stereocenters. The van der Waals surface area contributed by atoms with Crippen LogP contribution in [0.4, 0.5) is 4.79 Å². The van der Waals surface area contributed by atoms with E-state index in [1.165, 1.54) is 20.1 Å². The smallest absolute Gasteiger partial charge is 0.328 e. The molecule has 2 rings (SSSR count). The number of hydrogen-bond donors (Lipinski definition) is 1. The molecule has 1 aliphatic rings. The molecule has 0 aliphatic carbocycles. The number of aromatic hydroxyl groups is 1. The first-order valence-electron chi connectivity index (χ1n) is 6.29. The Morgan fingerprint density at radius 3 is 2.65 bits per heavy atom. The lowest BCUT2D eigenvalue weighted by atomic mass is 10.2. The number of methoxy groups -OCH3 is 1. The number of rotatable bonds is 3. The monoisotopic (exact) mass is 463 g/mol. The second-order valence-electron chi connectivity index (χ2n) is 4.58. The molecule has 122 valence electrons. The highest BCUT2D eigenvalue weighted by atomic mass is 79.9. The number of amides is 2. The van der Waals surface area contributed by atoms with Crippen LogP contribution in [0, 0.1) is 0 Å². The van der Waals surface area contributed by atoms with Crippen LogP contribution >= 0.6 is 43.6 Å². The fraction of sp³-hybridized carbons (Fsp3) is 0.214. The van der Waals surface area contributed by atoms with Crippen molar-refractivity contribution in [3.8, 4) is 5.75 Å². The summed E-state index contributed by atoms with van der Waals surface area (Å²) in [5.74, 6) is -1.34. The number of halogens is 2. The third-order valence-corrected chi connectivity index (χ3v) is 5.04. The molecule has 23 heavy (non-hydrogen) atoms.